The van der Waals surface area contributed by atoms with Crippen LogP contribution in [0.4, 0.5) is 11.6 Å². The lowest BCUT2D eigenvalue weighted by molar-refractivity contribution is -0.132. The zero-order chi connectivity index (χ0) is 35.2. The van der Waals surface area contributed by atoms with Crippen molar-refractivity contribution in [2.45, 2.75) is 96.4 Å². The van der Waals surface area contributed by atoms with Gasteiger partial charge in [0.2, 0.25) is 5.91 Å². The zero-order valence-corrected chi connectivity index (χ0v) is 29.9. The number of aryl methyl sites for hydroxylation is 1. The Bertz CT molecular complexity index is 1640. The molecular formula is C39H53N7O5. The van der Waals surface area contributed by atoms with Crippen molar-refractivity contribution in [2.75, 3.05) is 56.0 Å². The van der Waals surface area contributed by atoms with Crippen LogP contribution in [0.3, 0.4) is 0 Å². The minimum absolute atomic E-state index is 0.154. The molecule has 274 valence electrons. The van der Waals surface area contributed by atoms with Crippen molar-refractivity contribution in [1.82, 2.24) is 25.1 Å². The molecule has 3 N–H and O–H groups in total. The maximum absolute atomic E-state index is 13.6. The second-order valence-electron chi connectivity index (χ2n) is 14.8. The van der Waals surface area contributed by atoms with Crippen molar-refractivity contribution >= 4 is 23.5 Å². The van der Waals surface area contributed by atoms with Crippen LogP contribution in [-0.2, 0) is 24.4 Å². The highest BCUT2D eigenvalue weighted by molar-refractivity contribution is 5.95. The molecule has 0 spiro atoms. The van der Waals surface area contributed by atoms with E-state index in [0.717, 1.165) is 68.2 Å². The molecule has 2 saturated carbocycles. The number of fused-ring (bicyclic) bond motifs is 1. The normalized spacial score (nSPS) is 19.5. The third-order valence-corrected chi connectivity index (χ3v) is 10.8. The second kappa shape index (κ2) is 16.5. The number of carbonyl (C=O) groups is 2. The maximum Gasteiger partial charge on any atom is 0.251 e. The van der Waals surface area contributed by atoms with Gasteiger partial charge in [0.15, 0.2) is 12.2 Å². The Kier molecular flexibility index (Phi) is 11.4. The molecule has 1 aromatic carbocycles. The largest absolute Gasteiger partial charge is 0.486 e. The zero-order valence-electron chi connectivity index (χ0n) is 29.9. The first kappa shape index (κ1) is 35.3. The quantitative estimate of drug-likeness (QED) is 0.244. The number of benzene rings is 1. The van der Waals surface area contributed by atoms with E-state index in [9.17, 15) is 14.7 Å². The topological polar surface area (TPSA) is 136 Å². The first-order valence-corrected chi connectivity index (χ1v) is 19.0. The molecule has 3 fully saturated rings. The summed E-state index contributed by atoms with van der Waals surface area (Å²) in [7, 11) is 0. The number of amides is 2. The Morgan fingerprint density at radius 2 is 1.76 bits per heavy atom. The summed E-state index contributed by atoms with van der Waals surface area (Å²) in [6.07, 6.45) is 12.0. The van der Waals surface area contributed by atoms with Gasteiger partial charge in [0, 0.05) is 69.9 Å². The molecule has 12 nitrogen and oxygen atoms in total. The number of hydrogen-bond acceptors (Lipinski definition) is 10. The van der Waals surface area contributed by atoms with Crippen LogP contribution in [0.2, 0.25) is 0 Å². The van der Waals surface area contributed by atoms with Crippen LogP contribution in [0.5, 0.6) is 5.75 Å². The molecule has 1 atom stereocenters. The summed E-state index contributed by atoms with van der Waals surface area (Å²) in [5, 5.41) is 17.7. The summed E-state index contributed by atoms with van der Waals surface area (Å²) in [5.41, 5.74) is 3.82. The number of aliphatic hydroxyl groups excluding tert-OH is 1. The molecule has 2 aliphatic carbocycles. The lowest BCUT2D eigenvalue weighted by Gasteiger charge is -2.36. The molecule has 2 aliphatic heterocycles. The highest BCUT2D eigenvalue weighted by Gasteiger charge is 2.35. The van der Waals surface area contributed by atoms with Gasteiger partial charge in [0.25, 0.3) is 5.91 Å². The fourth-order valence-corrected chi connectivity index (χ4v) is 7.56. The summed E-state index contributed by atoms with van der Waals surface area (Å²) >= 11 is 0. The molecule has 12 heteroatoms. The monoisotopic (exact) mass is 699 g/mol. The molecular weight excluding hydrogens is 646 g/mol. The smallest absolute Gasteiger partial charge is 0.251 e. The Morgan fingerprint density at radius 1 is 0.980 bits per heavy atom. The van der Waals surface area contributed by atoms with Gasteiger partial charge in [-0.3, -0.25) is 14.5 Å². The highest BCUT2D eigenvalue weighted by Crippen LogP contribution is 2.32. The summed E-state index contributed by atoms with van der Waals surface area (Å²) in [6.45, 7) is 7.11. The van der Waals surface area contributed by atoms with Gasteiger partial charge in [0.05, 0.1) is 11.8 Å². The Labute approximate surface area is 300 Å². The third-order valence-electron chi connectivity index (χ3n) is 10.8. The van der Waals surface area contributed by atoms with E-state index in [2.05, 4.69) is 37.6 Å². The minimum Gasteiger partial charge on any atom is -0.486 e. The van der Waals surface area contributed by atoms with E-state index in [1.807, 2.05) is 30.0 Å². The average molecular weight is 700 g/mol. The van der Waals surface area contributed by atoms with E-state index >= 15 is 0 Å². The van der Waals surface area contributed by atoms with Crippen LogP contribution < -0.4 is 20.3 Å². The number of oxazole rings is 1. The van der Waals surface area contributed by atoms with Gasteiger partial charge in [-0.1, -0.05) is 38.2 Å². The summed E-state index contributed by atoms with van der Waals surface area (Å²) in [5.74, 6) is 3.27. The van der Waals surface area contributed by atoms with Gasteiger partial charge in [-0.25, -0.2) is 9.97 Å². The molecule has 1 saturated heterocycles. The number of pyridine rings is 1. The number of piperazine rings is 1. The van der Waals surface area contributed by atoms with Crippen LogP contribution in [0.15, 0.2) is 41.1 Å². The number of ether oxygens (including phenoxy) is 1. The molecule has 3 aromatic rings. The molecule has 0 bridgehead atoms. The van der Waals surface area contributed by atoms with Crippen molar-refractivity contribution in [3.05, 3.63) is 64.9 Å². The average Bonchev–Trinajstić information content (AvgIpc) is 3.91. The number of aromatic nitrogens is 2. The Hall–Kier alpha value is -4.16. The van der Waals surface area contributed by atoms with Crippen LogP contribution in [0.1, 0.15) is 90.7 Å². The first-order chi connectivity index (χ1) is 24.9. The van der Waals surface area contributed by atoms with E-state index in [1.54, 1.807) is 0 Å². The number of nitrogens with zero attached hydrogens (tertiary/aromatic N) is 5. The molecule has 0 radical (unpaired) electrons. The standard InChI is InChI=1S/C39H53N7O5/c1-27-35(51-26-41-27)25-50-34-12-11-30-23-44(14-13-29(30)19-34)24-33(47)22-40-38(48)31-20-36(42-32-7-5-3-2-4-6-8-32)43-37(21-31)45-15-17-46(18-16-45)39(49)28-9-10-28/h11-12,19-21,26,28,32-33,47H,2-10,13-18,22-25H2,1H3,(H,40,48)(H,42,43)/t33-/m0/s1. The number of β-amino-alcohol motifs (C(OH)–C–C–N with tert-alkyl or cyclic N) is 1. The van der Waals surface area contributed by atoms with Gasteiger partial charge in [-0.2, -0.15) is 0 Å². The Balaban J connectivity index is 0.943. The molecule has 0 unspecified atom stereocenters. The number of nitrogens with one attached hydrogen (secondary N) is 2. The van der Waals surface area contributed by atoms with Crippen molar-refractivity contribution < 1.29 is 23.8 Å². The van der Waals surface area contributed by atoms with Crippen LogP contribution in [-0.4, -0.2) is 94.6 Å². The van der Waals surface area contributed by atoms with E-state index in [1.165, 1.54) is 49.6 Å². The number of hydrogen-bond donors (Lipinski definition) is 3. The molecule has 4 aliphatic rings. The summed E-state index contributed by atoms with van der Waals surface area (Å²) < 4.78 is 11.3. The number of aliphatic hydroxyl groups is 1. The summed E-state index contributed by atoms with van der Waals surface area (Å²) in [4.78, 5) is 41.8. The lowest BCUT2D eigenvalue weighted by atomic mass is 9.97. The molecule has 2 aromatic heterocycles. The van der Waals surface area contributed by atoms with E-state index in [4.69, 9.17) is 14.1 Å². The number of carbonyl (C=O) groups excluding carboxylic acids is 2. The van der Waals surface area contributed by atoms with Crippen molar-refractivity contribution in [1.29, 1.82) is 0 Å². The highest BCUT2D eigenvalue weighted by atomic mass is 16.5. The first-order valence-electron chi connectivity index (χ1n) is 19.0. The van der Waals surface area contributed by atoms with Crippen molar-refractivity contribution in [2.24, 2.45) is 5.92 Å². The minimum atomic E-state index is -0.714. The van der Waals surface area contributed by atoms with Crippen molar-refractivity contribution in [3.8, 4) is 5.75 Å². The second-order valence-corrected chi connectivity index (χ2v) is 14.8. The maximum atomic E-state index is 13.6. The van der Waals surface area contributed by atoms with Gasteiger partial charge < -0.3 is 34.7 Å². The number of rotatable bonds is 12. The van der Waals surface area contributed by atoms with Crippen LogP contribution >= 0.6 is 0 Å². The van der Waals surface area contributed by atoms with Crippen molar-refractivity contribution in [3.63, 3.8) is 0 Å². The lowest BCUT2D eigenvalue weighted by Crippen LogP contribution is -2.49. The fraction of sp³-hybridized carbons (Fsp3) is 0.590. The van der Waals surface area contributed by atoms with E-state index < -0.39 is 6.10 Å². The molecule has 51 heavy (non-hydrogen) atoms. The summed E-state index contributed by atoms with van der Waals surface area (Å²) in [6, 6.07) is 10.2. The van der Waals surface area contributed by atoms with E-state index in [0.29, 0.717) is 56.8 Å². The van der Waals surface area contributed by atoms with Gasteiger partial charge in [-0.15, -0.1) is 0 Å². The third kappa shape index (κ3) is 9.39. The predicted octanol–water partition coefficient (Wildman–Crippen LogP) is 4.69. The predicted molar refractivity (Wildman–Crippen MR) is 195 cm³/mol. The van der Waals surface area contributed by atoms with Gasteiger partial charge >= 0.3 is 0 Å². The van der Waals surface area contributed by atoms with Crippen LogP contribution in [0, 0.1) is 12.8 Å². The number of anilines is 2. The van der Waals surface area contributed by atoms with Crippen LogP contribution in [0.25, 0.3) is 0 Å². The van der Waals surface area contributed by atoms with Gasteiger partial charge in [0.1, 0.15) is 24.0 Å². The fourth-order valence-electron chi connectivity index (χ4n) is 7.56. The van der Waals surface area contributed by atoms with Gasteiger partial charge in [-0.05, 0) is 74.4 Å². The molecule has 2 amide bonds. The van der Waals surface area contributed by atoms with E-state index in [-0.39, 0.29) is 24.3 Å². The Morgan fingerprint density at radius 3 is 2.51 bits per heavy atom. The molecule has 4 heterocycles. The molecule has 7 rings (SSSR count). The SMILES string of the molecule is Cc1ncoc1COc1ccc2c(c1)CCN(C[C@@H](O)CNC(=O)c1cc(NC3CCCCCCC3)nc(N3CCN(C(=O)C4CC4)CC3)c1)C2.